The van der Waals surface area contributed by atoms with E-state index in [2.05, 4.69) is 13.0 Å². The maximum absolute atomic E-state index is 13.0. The Bertz CT molecular complexity index is 264. The van der Waals surface area contributed by atoms with Gasteiger partial charge >= 0.3 is 0 Å². The molecule has 0 spiro atoms. The van der Waals surface area contributed by atoms with Gasteiger partial charge in [0.2, 0.25) is 0 Å². The number of hydrogen-bond donors (Lipinski definition) is 0. The summed E-state index contributed by atoms with van der Waals surface area (Å²) in [7, 11) is 0. The molecule has 1 aromatic carbocycles. The summed E-state index contributed by atoms with van der Waals surface area (Å²) in [6.45, 7) is 5.67. The Hall–Kier alpha value is -0.850. The third kappa shape index (κ3) is 1.66. The van der Waals surface area contributed by atoms with Crippen molar-refractivity contribution in [1.82, 2.24) is 0 Å². The summed E-state index contributed by atoms with van der Waals surface area (Å²) < 4.78 is 13.0. The van der Waals surface area contributed by atoms with Gasteiger partial charge in [0, 0.05) is 0 Å². The highest BCUT2D eigenvalue weighted by molar-refractivity contribution is 5.35. The minimum Gasteiger partial charge on any atom is -0.243 e. The lowest BCUT2D eigenvalue weighted by molar-refractivity contribution is 0.372. The van der Waals surface area contributed by atoms with Gasteiger partial charge in [-0.15, -0.1) is 0 Å². The van der Waals surface area contributed by atoms with Crippen LogP contribution in [0.5, 0.6) is 0 Å². The van der Waals surface area contributed by atoms with Crippen LogP contribution >= 0.6 is 0 Å². The molecule has 66 valence electrons. The molecule has 0 bridgehead atoms. The molecule has 0 aromatic heterocycles. The fourth-order valence-corrected chi connectivity index (χ4v) is 1.52. The summed E-state index contributed by atoms with van der Waals surface area (Å²) in [4.78, 5) is 0. The van der Waals surface area contributed by atoms with Crippen LogP contribution in [0.1, 0.15) is 36.7 Å². The Kier molecular flexibility index (Phi) is 2.85. The summed E-state index contributed by atoms with van der Waals surface area (Å²) in [5.41, 5.74) is 3.18. The molecular weight excluding hydrogens is 151 g/mol. The van der Waals surface area contributed by atoms with Crippen molar-refractivity contribution >= 4 is 0 Å². The highest BCUT2D eigenvalue weighted by atomic mass is 19.1. The molecule has 0 nitrogen and oxygen atoms in total. The summed E-state index contributed by atoms with van der Waals surface area (Å²) >= 11 is 0. The normalized spacial score (nSPS) is 13.0. The van der Waals surface area contributed by atoms with Crippen LogP contribution in [-0.2, 0) is 6.42 Å². The third-order valence-electron chi connectivity index (χ3n) is 2.30. The smallest absolute Gasteiger partial charge is 0.123 e. The van der Waals surface area contributed by atoms with Gasteiger partial charge in [-0.25, -0.2) is 4.39 Å². The number of halogens is 1. The molecular formula is C11H15F. The minimum atomic E-state index is -0.850. The lowest BCUT2D eigenvalue weighted by atomic mass is 9.98. The molecule has 0 aliphatic rings. The molecule has 0 aliphatic carbocycles. The highest BCUT2D eigenvalue weighted by Gasteiger charge is 2.07. The monoisotopic (exact) mass is 166 g/mol. The maximum atomic E-state index is 13.0. The number of alkyl halides is 1. The topological polar surface area (TPSA) is 0 Å². The lowest BCUT2D eigenvalue weighted by Gasteiger charge is -2.10. The largest absolute Gasteiger partial charge is 0.243 e. The zero-order valence-electron chi connectivity index (χ0n) is 7.89. The highest BCUT2D eigenvalue weighted by Crippen LogP contribution is 2.23. The van der Waals surface area contributed by atoms with E-state index in [1.165, 1.54) is 5.56 Å². The second kappa shape index (κ2) is 3.70. The van der Waals surface area contributed by atoms with E-state index < -0.39 is 6.17 Å². The van der Waals surface area contributed by atoms with Gasteiger partial charge in [-0.3, -0.25) is 0 Å². The summed E-state index contributed by atoms with van der Waals surface area (Å²) in [6, 6.07) is 5.84. The maximum Gasteiger partial charge on any atom is 0.123 e. The van der Waals surface area contributed by atoms with Crippen molar-refractivity contribution < 1.29 is 4.39 Å². The Morgan fingerprint density at radius 1 is 1.42 bits per heavy atom. The quantitative estimate of drug-likeness (QED) is 0.629. The first-order chi connectivity index (χ1) is 5.66. The zero-order valence-corrected chi connectivity index (χ0v) is 7.89. The molecule has 1 heteroatoms. The van der Waals surface area contributed by atoms with Gasteiger partial charge in [0.05, 0.1) is 0 Å². The van der Waals surface area contributed by atoms with Crippen LogP contribution in [0.4, 0.5) is 4.39 Å². The molecule has 0 aliphatic heterocycles. The number of benzene rings is 1. The summed E-state index contributed by atoms with van der Waals surface area (Å²) in [5.74, 6) is 0. The first-order valence-electron chi connectivity index (χ1n) is 4.39. The molecule has 0 heterocycles. The number of aryl methyl sites for hydroxylation is 1. The molecule has 0 radical (unpaired) electrons. The first-order valence-corrected chi connectivity index (χ1v) is 4.39. The van der Waals surface area contributed by atoms with E-state index in [-0.39, 0.29) is 0 Å². The van der Waals surface area contributed by atoms with Crippen LogP contribution in [0.15, 0.2) is 18.2 Å². The fourth-order valence-electron chi connectivity index (χ4n) is 1.52. The van der Waals surface area contributed by atoms with Crippen molar-refractivity contribution in [3.05, 3.63) is 34.9 Å². The predicted octanol–water partition coefficient (Wildman–Crippen LogP) is 3.59. The van der Waals surface area contributed by atoms with Crippen LogP contribution in [0.3, 0.4) is 0 Å². The van der Waals surface area contributed by atoms with Crippen molar-refractivity contribution in [3.63, 3.8) is 0 Å². The SMILES string of the molecule is CCc1cccc(C(C)F)c1C. The zero-order chi connectivity index (χ0) is 9.14. The van der Waals surface area contributed by atoms with E-state index in [4.69, 9.17) is 0 Å². The molecule has 12 heavy (non-hydrogen) atoms. The van der Waals surface area contributed by atoms with Gasteiger partial charge < -0.3 is 0 Å². The van der Waals surface area contributed by atoms with Gasteiger partial charge in [-0.2, -0.15) is 0 Å². The Labute approximate surface area is 73.4 Å². The van der Waals surface area contributed by atoms with E-state index in [1.807, 2.05) is 19.1 Å². The Balaban J connectivity index is 3.14. The van der Waals surface area contributed by atoms with Gasteiger partial charge in [-0.1, -0.05) is 25.1 Å². The molecule has 0 fully saturated rings. The van der Waals surface area contributed by atoms with Crippen LogP contribution in [0.2, 0.25) is 0 Å². The van der Waals surface area contributed by atoms with Crippen molar-refractivity contribution in [2.24, 2.45) is 0 Å². The Morgan fingerprint density at radius 2 is 2.08 bits per heavy atom. The van der Waals surface area contributed by atoms with Crippen LogP contribution in [0, 0.1) is 6.92 Å². The average Bonchev–Trinajstić information content (AvgIpc) is 2.04. The molecule has 1 rings (SSSR count). The average molecular weight is 166 g/mol. The van der Waals surface area contributed by atoms with Crippen molar-refractivity contribution in [1.29, 1.82) is 0 Å². The molecule has 1 aromatic rings. The Morgan fingerprint density at radius 3 is 2.58 bits per heavy atom. The molecule has 0 saturated heterocycles. The van der Waals surface area contributed by atoms with Crippen molar-refractivity contribution in [3.8, 4) is 0 Å². The van der Waals surface area contributed by atoms with Crippen LogP contribution < -0.4 is 0 Å². The number of hydrogen-bond acceptors (Lipinski definition) is 0. The van der Waals surface area contributed by atoms with Crippen LogP contribution in [-0.4, -0.2) is 0 Å². The molecule has 0 saturated carbocycles. The van der Waals surface area contributed by atoms with E-state index in [0.717, 1.165) is 17.5 Å². The molecule has 0 N–H and O–H groups in total. The summed E-state index contributed by atoms with van der Waals surface area (Å²) in [6.07, 6.45) is 0.128. The second-order valence-electron chi connectivity index (χ2n) is 3.10. The van der Waals surface area contributed by atoms with Gasteiger partial charge in [0.1, 0.15) is 6.17 Å². The van der Waals surface area contributed by atoms with E-state index in [1.54, 1.807) is 6.92 Å². The van der Waals surface area contributed by atoms with Gasteiger partial charge in [-0.05, 0) is 37.0 Å². The number of rotatable bonds is 2. The molecule has 1 unspecified atom stereocenters. The van der Waals surface area contributed by atoms with Gasteiger partial charge in [0.15, 0.2) is 0 Å². The van der Waals surface area contributed by atoms with E-state index in [0.29, 0.717) is 0 Å². The van der Waals surface area contributed by atoms with Crippen molar-refractivity contribution in [2.75, 3.05) is 0 Å². The van der Waals surface area contributed by atoms with Crippen molar-refractivity contribution in [2.45, 2.75) is 33.4 Å². The van der Waals surface area contributed by atoms with E-state index in [9.17, 15) is 4.39 Å². The second-order valence-corrected chi connectivity index (χ2v) is 3.10. The minimum absolute atomic E-state index is 0.828. The predicted molar refractivity (Wildman–Crippen MR) is 50.1 cm³/mol. The van der Waals surface area contributed by atoms with Gasteiger partial charge in [0.25, 0.3) is 0 Å². The summed E-state index contributed by atoms with van der Waals surface area (Å²) in [5, 5.41) is 0. The van der Waals surface area contributed by atoms with E-state index >= 15 is 0 Å². The lowest BCUT2D eigenvalue weighted by Crippen LogP contribution is -1.94. The molecule has 1 atom stereocenters. The third-order valence-corrected chi connectivity index (χ3v) is 2.30. The fraction of sp³-hybridized carbons (Fsp3) is 0.455. The standard InChI is InChI=1S/C11H15F/c1-4-10-6-5-7-11(8(10)2)9(3)12/h5-7,9H,4H2,1-3H3. The van der Waals surface area contributed by atoms with Crippen LogP contribution in [0.25, 0.3) is 0 Å². The first kappa shape index (κ1) is 9.24. The molecule has 0 amide bonds.